The van der Waals surface area contributed by atoms with Gasteiger partial charge in [0.15, 0.2) is 5.11 Å². The summed E-state index contributed by atoms with van der Waals surface area (Å²) in [5, 5.41) is 6.77. The zero-order valence-electron chi connectivity index (χ0n) is 12.7. The van der Waals surface area contributed by atoms with Crippen molar-refractivity contribution in [3.63, 3.8) is 0 Å². The highest BCUT2D eigenvalue weighted by Crippen LogP contribution is 2.25. The van der Waals surface area contributed by atoms with Gasteiger partial charge in [-0.05, 0) is 41.9 Å². The Labute approximate surface area is 132 Å². The van der Waals surface area contributed by atoms with Gasteiger partial charge >= 0.3 is 0 Å². The topological polar surface area (TPSA) is 15.3 Å². The number of nitrogens with zero attached hydrogens (tertiary/aromatic N) is 1. The first-order chi connectivity index (χ1) is 10.1. The summed E-state index contributed by atoms with van der Waals surface area (Å²) < 4.78 is 0. The van der Waals surface area contributed by atoms with Gasteiger partial charge in [-0.2, -0.15) is 0 Å². The van der Waals surface area contributed by atoms with Crippen LogP contribution in [-0.4, -0.2) is 23.1 Å². The van der Waals surface area contributed by atoms with E-state index in [2.05, 4.69) is 66.5 Å². The van der Waals surface area contributed by atoms with Crippen molar-refractivity contribution in [2.24, 2.45) is 11.8 Å². The van der Waals surface area contributed by atoms with Crippen LogP contribution >= 0.6 is 12.2 Å². The smallest absolute Gasteiger partial charge is 0.173 e. The molecule has 2 atom stereocenters. The van der Waals surface area contributed by atoms with Crippen LogP contribution < -0.4 is 5.32 Å². The van der Waals surface area contributed by atoms with Gasteiger partial charge in [-0.15, -0.1) is 0 Å². The van der Waals surface area contributed by atoms with E-state index < -0.39 is 0 Å². The largest absolute Gasteiger partial charge is 0.348 e. The predicted octanol–water partition coefficient (Wildman–Crippen LogP) is 4.51. The molecular weight excluding hydrogens is 276 g/mol. The van der Waals surface area contributed by atoms with Gasteiger partial charge in [0.05, 0.1) is 0 Å². The van der Waals surface area contributed by atoms with Crippen molar-refractivity contribution in [2.75, 3.05) is 18.4 Å². The second-order valence-corrected chi connectivity index (χ2v) is 6.69. The van der Waals surface area contributed by atoms with Gasteiger partial charge in [0.1, 0.15) is 0 Å². The van der Waals surface area contributed by atoms with Crippen LogP contribution in [0.15, 0.2) is 42.5 Å². The summed E-state index contributed by atoms with van der Waals surface area (Å²) in [6, 6.07) is 14.7. The fourth-order valence-electron chi connectivity index (χ4n) is 3.36. The van der Waals surface area contributed by atoms with Crippen LogP contribution in [-0.2, 0) is 0 Å². The molecule has 3 rings (SSSR count). The minimum absolute atomic E-state index is 0.709. The maximum Gasteiger partial charge on any atom is 0.173 e. The van der Waals surface area contributed by atoms with Crippen molar-refractivity contribution in [1.29, 1.82) is 0 Å². The molecule has 0 radical (unpaired) electrons. The average molecular weight is 298 g/mol. The Bertz CT molecular complexity index is 637. The standard InChI is InChI=1S/C18H22N2S/c1-13-10-14(2)12-20(11-13)18(21)19-17-9-5-7-15-6-3-4-8-16(15)17/h3-9,13-14H,10-12H2,1-2H3,(H,19,21). The number of fused-ring (bicyclic) bond motifs is 1. The molecule has 1 aliphatic rings. The van der Waals surface area contributed by atoms with E-state index in [1.165, 1.54) is 17.2 Å². The number of likely N-dealkylation sites (tertiary alicyclic amines) is 1. The zero-order chi connectivity index (χ0) is 14.8. The molecule has 0 saturated carbocycles. The summed E-state index contributed by atoms with van der Waals surface area (Å²) in [6.07, 6.45) is 1.30. The van der Waals surface area contributed by atoms with Gasteiger partial charge in [0.2, 0.25) is 0 Å². The Kier molecular flexibility index (Phi) is 4.11. The number of hydrogen-bond acceptors (Lipinski definition) is 1. The Hall–Kier alpha value is -1.61. The summed E-state index contributed by atoms with van der Waals surface area (Å²) in [6.45, 7) is 6.73. The third-order valence-electron chi connectivity index (χ3n) is 4.19. The highest BCUT2D eigenvalue weighted by Gasteiger charge is 2.23. The minimum Gasteiger partial charge on any atom is -0.348 e. The van der Waals surface area contributed by atoms with Crippen molar-refractivity contribution in [1.82, 2.24) is 4.90 Å². The van der Waals surface area contributed by atoms with E-state index in [9.17, 15) is 0 Å². The first kappa shape index (κ1) is 14.3. The van der Waals surface area contributed by atoms with E-state index in [1.807, 2.05) is 0 Å². The second-order valence-electron chi connectivity index (χ2n) is 6.31. The van der Waals surface area contributed by atoms with Gasteiger partial charge < -0.3 is 10.2 Å². The molecule has 2 unspecified atom stereocenters. The lowest BCUT2D eigenvalue weighted by molar-refractivity contribution is 0.216. The number of nitrogens with one attached hydrogen (secondary N) is 1. The van der Waals surface area contributed by atoms with E-state index >= 15 is 0 Å². The predicted molar refractivity (Wildman–Crippen MR) is 94.7 cm³/mol. The van der Waals surface area contributed by atoms with E-state index in [1.54, 1.807) is 0 Å². The summed E-state index contributed by atoms with van der Waals surface area (Å²) in [5.41, 5.74) is 1.10. The van der Waals surface area contributed by atoms with Gasteiger partial charge in [-0.25, -0.2) is 0 Å². The molecule has 1 saturated heterocycles. The Morgan fingerprint density at radius 2 is 1.71 bits per heavy atom. The number of piperidine rings is 1. The number of rotatable bonds is 1. The van der Waals surface area contributed by atoms with Crippen molar-refractivity contribution in [2.45, 2.75) is 20.3 Å². The van der Waals surface area contributed by atoms with Crippen molar-refractivity contribution >= 4 is 33.8 Å². The monoisotopic (exact) mass is 298 g/mol. The fraction of sp³-hybridized carbons (Fsp3) is 0.389. The maximum atomic E-state index is 5.64. The normalized spacial score (nSPS) is 22.3. The van der Waals surface area contributed by atoms with Crippen LogP contribution in [0.25, 0.3) is 10.8 Å². The van der Waals surface area contributed by atoms with Crippen LogP contribution in [0.3, 0.4) is 0 Å². The Morgan fingerprint density at radius 1 is 1.05 bits per heavy atom. The molecule has 110 valence electrons. The molecule has 0 aromatic heterocycles. The molecule has 1 aliphatic heterocycles. The molecule has 21 heavy (non-hydrogen) atoms. The molecule has 2 nitrogen and oxygen atoms in total. The molecule has 0 amide bonds. The van der Waals surface area contributed by atoms with Crippen LogP contribution in [0, 0.1) is 11.8 Å². The summed E-state index contributed by atoms with van der Waals surface area (Å²) in [5.74, 6) is 1.42. The van der Waals surface area contributed by atoms with Gasteiger partial charge in [0.25, 0.3) is 0 Å². The Balaban J connectivity index is 1.80. The third-order valence-corrected chi connectivity index (χ3v) is 4.55. The molecule has 1 fully saturated rings. The molecule has 2 aromatic carbocycles. The first-order valence-corrected chi connectivity index (χ1v) is 8.08. The van der Waals surface area contributed by atoms with Crippen LogP contribution in [0.2, 0.25) is 0 Å². The molecule has 1 N–H and O–H groups in total. The average Bonchev–Trinajstić information content (AvgIpc) is 2.46. The maximum absolute atomic E-state index is 5.64. The molecule has 0 spiro atoms. The summed E-state index contributed by atoms with van der Waals surface area (Å²) in [4.78, 5) is 2.32. The van der Waals surface area contributed by atoms with Gasteiger partial charge in [0, 0.05) is 24.2 Å². The van der Waals surface area contributed by atoms with E-state index in [0.717, 1.165) is 23.9 Å². The lowest BCUT2D eigenvalue weighted by Gasteiger charge is -2.36. The van der Waals surface area contributed by atoms with Crippen molar-refractivity contribution < 1.29 is 0 Å². The zero-order valence-corrected chi connectivity index (χ0v) is 13.5. The summed E-state index contributed by atoms with van der Waals surface area (Å²) in [7, 11) is 0. The molecule has 3 heteroatoms. The van der Waals surface area contributed by atoms with Gasteiger partial charge in [-0.3, -0.25) is 0 Å². The molecule has 0 bridgehead atoms. The van der Waals surface area contributed by atoms with E-state index in [0.29, 0.717) is 11.8 Å². The Morgan fingerprint density at radius 3 is 2.48 bits per heavy atom. The van der Waals surface area contributed by atoms with E-state index in [4.69, 9.17) is 12.2 Å². The lowest BCUT2D eigenvalue weighted by Crippen LogP contribution is -2.44. The fourth-order valence-corrected chi connectivity index (χ4v) is 3.62. The first-order valence-electron chi connectivity index (χ1n) is 7.67. The van der Waals surface area contributed by atoms with E-state index in [-0.39, 0.29) is 0 Å². The highest BCUT2D eigenvalue weighted by atomic mass is 32.1. The number of anilines is 1. The van der Waals surface area contributed by atoms with Crippen LogP contribution in [0.1, 0.15) is 20.3 Å². The van der Waals surface area contributed by atoms with Crippen molar-refractivity contribution in [3.8, 4) is 0 Å². The quantitative estimate of drug-likeness (QED) is 0.780. The summed E-state index contributed by atoms with van der Waals surface area (Å²) >= 11 is 5.64. The number of benzene rings is 2. The molecule has 1 heterocycles. The molecule has 0 aliphatic carbocycles. The number of thiocarbonyl (C=S) groups is 1. The second kappa shape index (κ2) is 6.02. The lowest BCUT2D eigenvalue weighted by atomic mass is 9.92. The third kappa shape index (κ3) is 3.18. The van der Waals surface area contributed by atoms with Gasteiger partial charge in [-0.1, -0.05) is 50.2 Å². The van der Waals surface area contributed by atoms with Crippen LogP contribution in [0.4, 0.5) is 5.69 Å². The minimum atomic E-state index is 0.709. The molecular formula is C18H22N2S. The van der Waals surface area contributed by atoms with Crippen LogP contribution in [0.5, 0.6) is 0 Å². The van der Waals surface area contributed by atoms with Crippen molar-refractivity contribution in [3.05, 3.63) is 42.5 Å². The number of hydrogen-bond donors (Lipinski definition) is 1. The SMILES string of the molecule is CC1CC(C)CN(C(=S)Nc2cccc3ccccc23)C1. The molecule has 2 aromatic rings. The highest BCUT2D eigenvalue weighted by molar-refractivity contribution is 7.80.